The molecule has 0 radical (unpaired) electrons. The molecule has 0 fully saturated rings. The van der Waals surface area contributed by atoms with E-state index in [9.17, 15) is 4.57 Å². The fourth-order valence-corrected chi connectivity index (χ4v) is 5.86. The van der Waals surface area contributed by atoms with Gasteiger partial charge in [-0.05, 0) is 39.2 Å². The predicted octanol–water partition coefficient (Wildman–Crippen LogP) is 5.09. The predicted molar refractivity (Wildman–Crippen MR) is 112 cm³/mol. The van der Waals surface area contributed by atoms with Crippen LogP contribution in [0.1, 0.15) is 51.4 Å². The number of hydrogen-bond acceptors (Lipinski definition) is 5. The first-order chi connectivity index (χ1) is 13.6. The van der Waals surface area contributed by atoms with E-state index in [1.165, 1.54) is 0 Å². The maximum absolute atomic E-state index is 13.4. The van der Waals surface area contributed by atoms with Gasteiger partial charge in [0.15, 0.2) is 5.65 Å². The summed E-state index contributed by atoms with van der Waals surface area (Å²) in [7, 11) is -3.26. The largest absolute Gasteiger partial charge is 0.331 e. The molecule has 0 N–H and O–H groups in total. The number of fused-ring (bicyclic) bond motifs is 1. The number of aryl methyl sites for hydroxylation is 1. The molecular weight excluding hydrogens is 373 g/mol. The molecule has 0 aliphatic heterocycles. The number of nitrogens with zero attached hydrogens (tertiary/aromatic N) is 3. The van der Waals surface area contributed by atoms with Gasteiger partial charge in [-0.1, -0.05) is 37.6 Å². The van der Waals surface area contributed by atoms with Crippen LogP contribution in [0.4, 0.5) is 0 Å². The van der Waals surface area contributed by atoms with Crippen molar-refractivity contribution in [3.05, 3.63) is 54.0 Å². The Balaban J connectivity index is 2.11. The highest BCUT2D eigenvalue weighted by Crippen LogP contribution is 2.54. The van der Waals surface area contributed by atoms with E-state index in [0.717, 1.165) is 36.3 Å². The van der Waals surface area contributed by atoms with E-state index in [1.54, 1.807) is 6.20 Å². The van der Waals surface area contributed by atoms with Crippen LogP contribution in [0, 0.1) is 0 Å². The minimum atomic E-state index is -3.26. The Morgan fingerprint density at radius 1 is 1.21 bits per heavy atom. The van der Waals surface area contributed by atoms with Crippen LogP contribution in [0.3, 0.4) is 0 Å². The Bertz CT molecular complexity index is 895. The summed E-state index contributed by atoms with van der Waals surface area (Å²) in [6.45, 7) is 6.56. The van der Waals surface area contributed by atoms with Crippen molar-refractivity contribution in [3.63, 3.8) is 0 Å². The molecule has 152 valence electrons. The Labute approximate surface area is 167 Å². The number of unbranched alkanes of at least 4 members (excludes halogenated alkanes) is 1. The summed E-state index contributed by atoms with van der Waals surface area (Å²) in [5, 5.41) is 4.51. The zero-order chi connectivity index (χ0) is 20.0. The zero-order valence-corrected chi connectivity index (χ0v) is 17.9. The Kier molecular flexibility index (Phi) is 6.86. The fraction of sp³-hybridized carbons (Fsp3) is 0.524. The molecule has 0 bridgehead atoms. The van der Waals surface area contributed by atoms with E-state index in [4.69, 9.17) is 14.0 Å². The molecule has 0 amide bonds. The highest BCUT2D eigenvalue weighted by molar-refractivity contribution is 7.53. The molecule has 28 heavy (non-hydrogen) atoms. The van der Waals surface area contributed by atoms with Gasteiger partial charge in [0.2, 0.25) is 0 Å². The molecule has 1 atom stereocenters. The number of rotatable bonds is 10. The van der Waals surface area contributed by atoms with Crippen LogP contribution in [-0.2, 0) is 25.4 Å². The second-order valence-electron chi connectivity index (χ2n) is 7.09. The second kappa shape index (κ2) is 9.17. The molecule has 0 spiro atoms. The van der Waals surface area contributed by atoms with Gasteiger partial charge in [0, 0.05) is 17.2 Å². The quantitative estimate of drug-likeness (QED) is 0.517. The van der Waals surface area contributed by atoms with E-state index < -0.39 is 13.0 Å². The van der Waals surface area contributed by atoms with Crippen molar-refractivity contribution < 1.29 is 13.6 Å². The van der Waals surface area contributed by atoms with Gasteiger partial charge < -0.3 is 9.05 Å². The van der Waals surface area contributed by atoms with Crippen molar-refractivity contribution >= 4 is 13.2 Å². The van der Waals surface area contributed by atoms with Gasteiger partial charge in [0.25, 0.3) is 0 Å². The first-order valence-corrected chi connectivity index (χ1v) is 11.9. The van der Waals surface area contributed by atoms with E-state index in [1.807, 2.05) is 36.6 Å². The maximum Gasteiger partial charge on any atom is 0.331 e. The lowest BCUT2D eigenvalue weighted by Gasteiger charge is -2.34. The lowest BCUT2D eigenvalue weighted by Crippen LogP contribution is -2.33. The summed E-state index contributed by atoms with van der Waals surface area (Å²) in [5.74, 6) is 0. The summed E-state index contributed by atoms with van der Waals surface area (Å²) in [5.41, 5.74) is 2.31. The molecule has 6 nitrogen and oxygen atoms in total. The summed E-state index contributed by atoms with van der Waals surface area (Å²) in [6, 6.07) is 4.03. The third-order valence-corrected chi connectivity index (χ3v) is 7.24. The van der Waals surface area contributed by atoms with Crippen LogP contribution in [0.15, 0.2) is 42.6 Å². The van der Waals surface area contributed by atoms with Crippen molar-refractivity contribution in [2.24, 2.45) is 0 Å². The SMILES string of the molecule is CCCCc1cc(C2(CP(=O)(OCC)OCC)C=CC=CC2)n2nccc2n1. The molecule has 1 aliphatic carbocycles. The summed E-state index contributed by atoms with van der Waals surface area (Å²) < 4.78 is 26.6. The van der Waals surface area contributed by atoms with Gasteiger partial charge in [-0.25, -0.2) is 9.50 Å². The second-order valence-corrected chi connectivity index (χ2v) is 9.14. The molecule has 3 rings (SSSR count). The molecule has 2 aromatic heterocycles. The fourth-order valence-electron chi connectivity index (χ4n) is 3.73. The first-order valence-electron chi connectivity index (χ1n) is 10.1. The topological polar surface area (TPSA) is 65.7 Å². The summed E-state index contributed by atoms with van der Waals surface area (Å²) >= 11 is 0. The van der Waals surface area contributed by atoms with Crippen molar-refractivity contribution in [2.45, 2.75) is 51.9 Å². The average molecular weight is 403 g/mol. The van der Waals surface area contributed by atoms with Crippen LogP contribution in [0.25, 0.3) is 5.65 Å². The molecule has 2 aromatic rings. The van der Waals surface area contributed by atoms with Crippen LogP contribution >= 0.6 is 7.60 Å². The lowest BCUT2D eigenvalue weighted by molar-refractivity contribution is 0.215. The Morgan fingerprint density at radius 2 is 2.00 bits per heavy atom. The number of hydrogen-bond donors (Lipinski definition) is 0. The molecule has 7 heteroatoms. The third-order valence-electron chi connectivity index (χ3n) is 4.98. The zero-order valence-electron chi connectivity index (χ0n) is 17.0. The highest BCUT2D eigenvalue weighted by Gasteiger charge is 2.41. The molecule has 0 saturated heterocycles. The molecule has 0 saturated carbocycles. The van der Waals surface area contributed by atoms with E-state index in [0.29, 0.717) is 19.6 Å². The minimum absolute atomic E-state index is 0.273. The van der Waals surface area contributed by atoms with Crippen LogP contribution in [-0.4, -0.2) is 34.0 Å². The van der Waals surface area contributed by atoms with E-state index in [-0.39, 0.29) is 6.16 Å². The Hall–Kier alpha value is -1.75. The number of aromatic nitrogens is 3. The van der Waals surface area contributed by atoms with Crippen molar-refractivity contribution in [1.29, 1.82) is 0 Å². The molecule has 1 unspecified atom stereocenters. The Morgan fingerprint density at radius 3 is 2.64 bits per heavy atom. The molecule has 2 heterocycles. The van der Waals surface area contributed by atoms with Crippen LogP contribution in [0.2, 0.25) is 0 Å². The standard InChI is InChI=1S/C21H30N3O3P/c1-4-7-11-18-16-19(24-20(23-18)12-15-22-24)21(13-9-8-10-14-21)17-28(25,26-5-2)27-6-3/h8-10,12-13,15-16H,4-7,11,14,17H2,1-3H3. The van der Waals surface area contributed by atoms with Crippen LogP contribution < -0.4 is 0 Å². The van der Waals surface area contributed by atoms with Gasteiger partial charge in [-0.15, -0.1) is 0 Å². The average Bonchev–Trinajstić information content (AvgIpc) is 3.15. The molecular formula is C21H30N3O3P. The summed E-state index contributed by atoms with van der Waals surface area (Å²) in [6.07, 6.45) is 14.1. The van der Waals surface area contributed by atoms with Crippen molar-refractivity contribution in [1.82, 2.24) is 14.6 Å². The first kappa shape index (κ1) is 21.0. The van der Waals surface area contributed by atoms with E-state index >= 15 is 0 Å². The molecule has 1 aliphatic rings. The van der Waals surface area contributed by atoms with Gasteiger partial charge in [-0.2, -0.15) is 5.10 Å². The van der Waals surface area contributed by atoms with Gasteiger partial charge in [-0.3, -0.25) is 4.57 Å². The normalized spacial score (nSPS) is 19.5. The maximum atomic E-state index is 13.4. The number of allylic oxidation sites excluding steroid dienone is 4. The van der Waals surface area contributed by atoms with Gasteiger partial charge in [0.1, 0.15) is 0 Å². The van der Waals surface area contributed by atoms with Crippen LogP contribution in [0.5, 0.6) is 0 Å². The van der Waals surface area contributed by atoms with Gasteiger partial charge >= 0.3 is 7.60 Å². The van der Waals surface area contributed by atoms with Crippen molar-refractivity contribution in [3.8, 4) is 0 Å². The third kappa shape index (κ3) is 4.45. The highest BCUT2D eigenvalue weighted by atomic mass is 31.2. The monoisotopic (exact) mass is 403 g/mol. The van der Waals surface area contributed by atoms with Gasteiger partial charge in [0.05, 0.1) is 31.3 Å². The smallest absolute Gasteiger partial charge is 0.309 e. The van der Waals surface area contributed by atoms with E-state index in [2.05, 4.69) is 30.2 Å². The minimum Gasteiger partial charge on any atom is -0.309 e. The molecule has 0 aromatic carbocycles. The van der Waals surface area contributed by atoms with Crippen molar-refractivity contribution in [2.75, 3.05) is 19.4 Å². The lowest BCUT2D eigenvalue weighted by atomic mass is 9.79. The summed E-state index contributed by atoms with van der Waals surface area (Å²) in [4.78, 5) is 4.76.